The van der Waals surface area contributed by atoms with Crippen LogP contribution in [0.4, 0.5) is 5.82 Å². The number of nitrogens with one attached hydrogen (secondary N) is 2. The van der Waals surface area contributed by atoms with E-state index in [1.165, 1.54) is 0 Å². The van der Waals surface area contributed by atoms with Gasteiger partial charge < -0.3 is 10.2 Å². The molecule has 1 atom stereocenters. The van der Waals surface area contributed by atoms with Gasteiger partial charge in [-0.1, -0.05) is 0 Å². The van der Waals surface area contributed by atoms with E-state index in [-0.39, 0.29) is 0 Å². The number of pyridine rings is 1. The van der Waals surface area contributed by atoms with Crippen LogP contribution >= 0.6 is 0 Å². The molecule has 3 heterocycles. The van der Waals surface area contributed by atoms with Crippen LogP contribution in [-0.4, -0.2) is 45.1 Å². The van der Waals surface area contributed by atoms with E-state index < -0.39 is 0 Å². The number of nitrogens with zero attached hydrogens (tertiary/aromatic N) is 3. The molecule has 1 saturated carbocycles. The van der Waals surface area contributed by atoms with E-state index in [1.807, 2.05) is 23.4 Å². The molecule has 6 heteroatoms. The van der Waals surface area contributed by atoms with Gasteiger partial charge >= 0.3 is 0 Å². The maximum Gasteiger partial charge on any atom is 0.225 e. The predicted molar refractivity (Wildman–Crippen MR) is 97.2 cm³/mol. The molecule has 0 bridgehead atoms. The van der Waals surface area contributed by atoms with Gasteiger partial charge in [-0.2, -0.15) is 5.10 Å². The molecule has 1 saturated heterocycles. The Labute approximate surface area is 148 Å². The second-order valence-corrected chi connectivity index (χ2v) is 7.47. The molecule has 2 aliphatic rings. The first kappa shape index (κ1) is 16.1. The Kier molecular flexibility index (Phi) is 4.19. The summed E-state index contributed by atoms with van der Waals surface area (Å²) in [7, 11) is 0. The van der Waals surface area contributed by atoms with Crippen molar-refractivity contribution in [3.05, 3.63) is 30.2 Å². The van der Waals surface area contributed by atoms with Gasteiger partial charge in [-0.05, 0) is 50.8 Å². The highest BCUT2D eigenvalue weighted by Crippen LogP contribution is 2.37. The van der Waals surface area contributed by atoms with Crippen molar-refractivity contribution in [3.8, 4) is 11.1 Å². The summed E-state index contributed by atoms with van der Waals surface area (Å²) >= 11 is 0. The Bertz CT molecular complexity index is 765. The van der Waals surface area contributed by atoms with E-state index in [0.29, 0.717) is 23.8 Å². The second kappa shape index (κ2) is 6.50. The number of likely N-dealkylation sites (tertiary alicyclic amines) is 1. The molecule has 6 nitrogen and oxygen atoms in total. The van der Waals surface area contributed by atoms with Crippen molar-refractivity contribution in [2.75, 3.05) is 18.4 Å². The molecule has 2 aromatic heterocycles. The number of carbonyl (C=O) groups is 1. The first-order valence-electron chi connectivity index (χ1n) is 9.17. The molecular weight excluding hydrogens is 314 g/mol. The molecule has 1 aliphatic carbocycles. The van der Waals surface area contributed by atoms with Crippen LogP contribution in [0.3, 0.4) is 0 Å². The number of hydrogen-bond acceptors (Lipinski definition) is 4. The highest BCUT2D eigenvalue weighted by molar-refractivity contribution is 5.81. The van der Waals surface area contributed by atoms with Crippen LogP contribution in [0.2, 0.25) is 0 Å². The average Bonchev–Trinajstić information content (AvgIpc) is 3.12. The number of H-pyrrole nitrogens is 1. The van der Waals surface area contributed by atoms with Gasteiger partial charge in [-0.25, -0.2) is 4.98 Å². The monoisotopic (exact) mass is 339 g/mol. The molecule has 2 aromatic rings. The molecule has 0 radical (unpaired) electrons. The number of amides is 1. The van der Waals surface area contributed by atoms with Crippen molar-refractivity contribution in [2.45, 2.75) is 45.1 Å². The molecule has 25 heavy (non-hydrogen) atoms. The van der Waals surface area contributed by atoms with E-state index in [0.717, 1.165) is 55.0 Å². The van der Waals surface area contributed by atoms with E-state index in [4.69, 9.17) is 0 Å². The fraction of sp³-hybridized carbons (Fsp3) is 0.526. The minimum Gasteiger partial charge on any atom is -0.368 e. The summed E-state index contributed by atoms with van der Waals surface area (Å²) in [5, 5.41) is 10.8. The molecule has 0 unspecified atom stereocenters. The summed E-state index contributed by atoms with van der Waals surface area (Å²) in [4.78, 5) is 18.7. The number of hydrogen-bond donors (Lipinski definition) is 2. The Morgan fingerprint density at radius 2 is 2.20 bits per heavy atom. The van der Waals surface area contributed by atoms with E-state index in [2.05, 4.69) is 40.4 Å². The molecule has 132 valence electrons. The lowest BCUT2D eigenvalue weighted by Crippen LogP contribution is -2.29. The normalized spacial score (nSPS) is 20.3. The van der Waals surface area contributed by atoms with Gasteiger partial charge in [0.25, 0.3) is 0 Å². The van der Waals surface area contributed by atoms with Gasteiger partial charge in [0, 0.05) is 48.4 Å². The summed E-state index contributed by atoms with van der Waals surface area (Å²) in [5.41, 5.74) is 3.35. The fourth-order valence-electron chi connectivity index (χ4n) is 3.59. The number of anilines is 1. The molecule has 0 spiro atoms. The first-order chi connectivity index (χ1) is 12.1. The van der Waals surface area contributed by atoms with Crippen LogP contribution in [0.15, 0.2) is 24.5 Å². The van der Waals surface area contributed by atoms with E-state index >= 15 is 0 Å². The van der Waals surface area contributed by atoms with Gasteiger partial charge in [0.05, 0.1) is 6.20 Å². The average molecular weight is 339 g/mol. The zero-order valence-corrected chi connectivity index (χ0v) is 14.8. The molecule has 4 rings (SSSR count). The third-order valence-corrected chi connectivity index (χ3v) is 5.01. The third-order valence-electron chi connectivity index (χ3n) is 5.01. The highest BCUT2D eigenvalue weighted by Gasteiger charge is 2.37. The summed E-state index contributed by atoms with van der Waals surface area (Å²) in [6.45, 7) is 5.85. The van der Waals surface area contributed by atoms with E-state index in [1.54, 1.807) is 0 Å². The zero-order valence-electron chi connectivity index (χ0n) is 14.8. The quantitative estimate of drug-likeness (QED) is 0.878. The van der Waals surface area contributed by atoms with Crippen LogP contribution in [0.25, 0.3) is 11.1 Å². The topological polar surface area (TPSA) is 73.9 Å². The van der Waals surface area contributed by atoms with Gasteiger partial charge in [-0.15, -0.1) is 0 Å². The first-order valence-corrected chi connectivity index (χ1v) is 9.17. The van der Waals surface area contributed by atoms with Crippen LogP contribution in [0.1, 0.15) is 44.7 Å². The highest BCUT2D eigenvalue weighted by atomic mass is 16.2. The summed E-state index contributed by atoms with van der Waals surface area (Å²) in [6, 6.07) is 4.42. The van der Waals surface area contributed by atoms with Crippen LogP contribution in [0, 0.1) is 5.92 Å². The summed E-state index contributed by atoms with van der Waals surface area (Å²) < 4.78 is 0. The van der Waals surface area contributed by atoms with Crippen LogP contribution in [0.5, 0.6) is 0 Å². The third kappa shape index (κ3) is 3.38. The number of carbonyl (C=O) groups excluding carboxylic acids is 1. The SMILES string of the molecule is CC(C)Nc1cc(-c2cn[nH]c2[C@H]2CCN(C(=O)C3CC3)C2)ccn1. The van der Waals surface area contributed by atoms with Crippen molar-refractivity contribution >= 4 is 11.7 Å². The largest absolute Gasteiger partial charge is 0.368 e. The standard InChI is InChI=1S/C19H25N5O/c1-12(2)22-17-9-14(5-7-20-17)16-10-21-23-18(16)15-6-8-24(11-15)19(25)13-3-4-13/h5,7,9-10,12-13,15H,3-4,6,8,11H2,1-2H3,(H,20,22)(H,21,23)/t15-/m0/s1. The number of aromatic nitrogens is 3. The fourth-order valence-corrected chi connectivity index (χ4v) is 3.59. The smallest absolute Gasteiger partial charge is 0.225 e. The van der Waals surface area contributed by atoms with E-state index in [9.17, 15) is 4.79 Å². The van der Waals surface area contributed by atoms with Gasteiger partial charge in [0.1, 0.15) is 5.82 Å². The van der Waals surface area contributed by atoms with Crippen LogP contribution < -0.4 is 5.32 Å². The molecular formula is C19H25N5O. The lowest BCUT2D eigenvalue weighted by atomic mass is 9.97. The Morgan fingerprint density at radius 1 is 1.36 bits per heavy atom. The molecule has 2 fully saturated rings. The van der Waals surface area contributed by atoms with Crippen molar-refractivity contribution in [1.29, 1.82) is 0 Å². The van der Waals surface area contributed by atoms with Gasteiger partial charge in [0.15, 0.2) is 0 Å². The second-order valence-electron chi connectivity index (χ2n) is 7.47. The van der Waals surface area contributed by atoms with Gasteiger partial charge in [-0.3, -0.25) is 9.89 Å². The predicted octanol–water partition coefficient (Wildman–Crippen LogP) is 3.02. The minimum absolute atomic E-state index is 0.296. The molecule has 0 aromatic carbocycles. The van der Waals surface area contributed by atoms with Crippen molar-refractivity contribution in [2.24, 2.45) is 5.92 Å². The van der Waals surface area contributed by atoms with Crippen molar-refractivity contribution in [3.63, 3.8) is 0 Å². The Hall–Kier alpha value is -2.37. The molecule has 2 N–H and O–H groups in total. The lowest BCUT2D eigenvalue weighted by molar-refractivity contribution is -0.131. The lowest BCUT2D eigenvalue weighted by Gasteiger charge is -2.16. The summed E-state index contributed by atoms with van der Waals surface area (Å²) in [6.07, 6.45) is 6.84. The molecule has 1 amide bonds. The maximum atomic E-state index is 12.3. The maximum absolute atomic E-state index is 12.3. The van der Waals surface area contributed by atoms with Crippen molar-refractivity contribution < 1.29 is 4.79 Å². The Morgan fingerprint density at radius 3 is 2.96 bits per heavy atom. The Balaban J connectivity index is 1.54. The summed E-state index contributed by atoms with van der Waals surface area (Å²) in [5.74, 6) is 1.84. The van der Waals surface area contributed by atoms with Gasteiger partial charge in [0.2, 0.25) is 5.91 Å². The zero-order chi connectivity index (χ0) is 17.4. The number of aromatic amines is 1. The van der Waals surface area contributed by atoms with Crippen LogP contribution in [-0.2, 0) is 4.79 Å². The van der Waals surface area contributed by atoms with Crippen molar-refractivity contribution in [1.82, 2.24) is 20.1 Å². The number of rotatable bonds is 5. The minimum atomic E-state index is 0.296. The molecule has 1 aliphatic heterocycles.